The molecular formula is C19H25N3O4. The van der Waals surface area contributed by atoms with E-state index in [0.717, 1.165) is 13.1 Å². The highest BCUT2D eigenvalue weighted by Crippen LogP contribution is 2.40. The molecule has 0 radical (unpaired) electrons. The minimum absolute atomic E-state index is 0.533. The van der Waals surface area contributed by atoms with Crippen LogP contribution in [0.4, 0.5) is 0 Å². The summed E-state index contributed by atoms with van der Waals surface area (Å²) in [5.41, 5.74) is 4.62. The van der Waals surface area contributed by atoms with Crippen LogP contribution in [0.25, 0.3) is 0 Å². The Morgan fingerprint density at radius 1 is 1.19 bits per heavy atom. The molecule has 0 bridgehead atoms. The molecule has 0 aromatic carbocycles. The van der Waals surface area contributed by atoms with Crippen molar-refractivity contribution in [1.29, 1.82) is 0 Å². The summed E-state index contributed by atoms with van der Waals surface area (Å²) in [5, 5.41) is 23.0. The quantitative estimate of drug-likeness (QED) is 0.550. The van der Waals surface area contributed by atoms with Gasteiger partial charge in [0.05, 0.1) is 6.04 Å². The number of rotatable bonds is 2. The van der Waals surface area contributed by atoms with Crippen molar-refractivity contribution < 1.29 is 19.8 Å². The van der Waals surface area contributed by atoms with Crippen molar-refractivity contribution in [2.24, 2.45) is 0 Å². The third-order valence-electron chi connectivity index (χ3n) is 5.19. The standard InChI is InChI=1S/C15H21N3.C4H4O4/c1-10-9-18-12-5-3-2-4-11(12)8-13(18)15-14(10)16-6-7-17-15;5-3(6)1-2-4(7)8/h3,5,9,13-17H,2,4,6-8H2,1H3;1-2H,(H,5,6)(H,7,8)/b;2-1-/t13-,14?,15-;/m0./s1. The molecule has 4 N–H and O–H groups in total. The van der Waals surface area contributed by atoms with E-state index in [1.807, 2.05) is 0 Å². The van der Waals surface area contributed by atoms with Crippen LogP contribution >= 0.6 is 0 Å². The molecule has 4 aliphatic rings. The second-order valence-electron chi connectivity index (χ2n) is 6.90. The van der Waals surface area contributed by atoms with Crippen LogP contribution in [0.1, 0.15) is 26.2 Å². The fourth-order valence-corrected chi connectivity index (χ4v) is 4.12. The predicted octanol–water partition coefficient (Wildman–Crippen LogP) is 1.22. The molecule has 7 heteroatoms. The summed E-state index contributed by atoms with van der Waals surface area (Å²) < 4.78 is 0. The van der Waals surface area contributed by atoms with Crippen LogP contribution in [-0.2, 0) is 9.59 Å². The molecule has 1 aliphatic carbocycles. The lowest BCUT2D eigenvalue weighted by molar-refractivity contribution is -0.134. The van der Waals surface area contributed by atoms with E-state index in [1.54, 1.807) is 5.57 Å². The average molecular weight is 359 g/mol. The van der Waals surface area contributed by atoms with E-state index in [2.05, 4.69) is 40.8 Å². The summed E-state index contributed by atoms with van der Waals surface area (Å²) >= 11 is 0. The lowest BCUT2D eigenvalue weighted by Crippen LogP contribution is -2.65. The average Bonchev–Trinajstić information content (AvgIpc) is 3.00. The third-order valence-corrected chi connectivity index (χ3v) is 5.19. The molecule has 140 valence electrons. The highest BCUT2D eigenvalue weighted by Gasteiger charge is 2.43. The van der Waals surface area contributed by atoms with Gasteiger partial charge in [0.15, 0.2) is 0 Å². The van der Waals surface area contributed by atoms with Gasteiger partial charge in [0, 0.05) is 49.2 Å². The molecule has 1 saturated heterocycles. The van der Waals surface area contributed by atoms with E-state index in [4.69, 9.17) is 10.2 Å². The molecule has 0 spiro atoms. The normalized spacial score (nSPS) is 29.3. The molecule has 4 rings (SSSR count). The zero-order chi connectivity index (χ0) is 18.7. The molecule has 1 fully saturated rings. The molecule has 0 amide bonds. The molecule has 0 aromatic heterocycles. The van der Waals surface area contributed by atoms with Crippen LogP contribution in [-0.4, -0.2) is 58.3 Å². The Labute approximate surface area is 152 Å². The van der Waals surface area contributed by atoms with Crippen LogP contribution < -0.4 is 10.6 Å². The number of carboxylic acid groups (broad SMARTS) is 2. The zero-order valence-electron chi connectivity index (χ0n) is 14.8. The first-order valence-corrected chi connectivity index (χ1v) is 8.93. The number of carboxylic acids is 2. The maximum atomic E-state index is 9.55. The lowest BCUT2D eigenvalue weighted by Gasteiger charge is -2.45. The van der Waals surface area contributed by atoms with E-state index in [-0.39, 0.29) is 0 Å². The summed E-state index contributed by atoms with van der Waals surface area (Å²) in [6, 6.07) is 1.73. The van der Waals surface area contributed by atoms with Crippen molar-refractivity contribution in [3.8, 4) is 0 Å². The first kappa shape index (κ1) is 18.4. The summed E-state index contributed by atoms with van der Waals surface area (Å²) in [4.78, 5) is 21.6. The van der Waals surface area contributed by atoms with Crippen molar-refractivity contribution in [1.82, 2.24) is 15.5 Å². The molecule has 3 atom stereocenters. The van der Waals surface area contributed by atoms with Gasteiger partial charge in [0.2, 0.25) is 0 Å². The van der Waals surface area contributed by atoms with Gasteiger partial charge in [-0.1, -0.05) is 6.08 Å². The highest BCUT2D eigenvalue weighted by molar-refractivity contribution is 5.89. The first-order valence-electron chi connectivity index (χ1n) is 8.93. The molecular weight excluding hydrogens is 334 g/mol. The molecule has 1 unspecified atom stereocenters. The van der Waals surface area contributed by atoms with Gasteiger partial charge in [-0.25, -0.2) is 9.59 Å². The number of hydrogen-bond acceptors (Lipinski definition) is 5. The first-order chi connectivity index (χ1) is 12.5. The van der Waals surface area contributed by atoms with Gasteiger partial charge >= 0.3 is 11.9 Å². The van der Waals surface area contributed by atoms with Gasteiger partial charge < -0.3 is 25.7 Å². The predicted molar refractivity (Wildman–Crippen MR) is 97.4 cm³/mol. The van der Waals surface area contributed by atoms with E-state index in [9.17, 15) is 9.59 Å². The van der Waals surface area contributed by atoms with Gasteiger partial charge in [0.25, 0.3) is 0 Å². The fraction of sp³-hybridized carbons (Fsp3) is 0.474. The fourth-order valence-electron chi connectivity index (χ4n) is 4.12. The van der Waals surface area contributed by atoms with Crippen LogP contribution in [0.15, 0.2) is 47.3 Å². The number of nitrogens with zero attached hydrogens (tertiary/aromatic N) is 1. The lowest BCUT2D eigenvalue weighted by atomic mass is 9.87. The Balaban J connectivity index is 0.000000211. The Bertz CT molecular complexity index is 692. The molecule has 7 nitrogen and oxygen atoms in total. The van der Waals surface area contributed by atoms with E-state index in [1.165, 1.54) is 30.5 Å². The van der Waals surface area contributed by atoms with E-state index in [0.29, 0.717) is 30.3 Å². The van der Waals surface area contributed by atoms with Crippen LogP contribution in [0.3, 0.4) is 0 Å². The Morgan fingerprint density at radius 2 is 1.88 bits per heavy atom. The topological polar surface area (TPSA) is 102 Å². The summed E-state index contributed by atoms with van der Waals surface area (Å²) in [5.74, 6) is -2.51. The molecule has 3 heterocycles. The maximum absolute atomic E-state index is 9.55. The number of allylic oxidation sites excluding steroid dienone is 2. The SMILES string of the molecule is CC1=CN2C3=C(CCC=C3)C[C@H]2[C@@H]2NCCNC12.O=C(O)/C=C\C(=O)O. The monoisotopic (exact) mass is 359 g/mol. The zero-order valence-corrected chi connectivity index (χ0v) is 14.8. The van der Waals surface area contributed by atoms with Gasteiger partial charge in [-0.15, -0.1) is 0 Å². The number of hydrogen-bond donors (Lipinski definition) is 4. The van der Waals surface area contributed by atoms with E-state index < -0.39 is 11.9 Å². The van der Waals surface area contributed by atoms with Crippen molar-refractivity contribution in [2.75, 3.05) is 13.1 Å². The van der Waals surface area contributed by atoms with Crippen molar-refractivity contribution in [2.45, 2.75) is 44.3 Å². The second-order valence-corrected chi connectivity index (χ2v) is 6.90. The summed E-state index contributed by atoms with van der Waals surface area (Å²) in [7, 11) is 0. The van der Waals surface area contributed by atoms with Crippen LogP contribution in [0.5, 0.6) is 0 Å². The smallest absolute Gasteiger partial charge is 0.328 e. The van der Waals surface area contributed by atoms with Crippen molar-refractivity contribution >= 4 is 11.9 Å². The van der Waals surface area contributed by atoms with E-state index >= 15 is 0 Å². The number of aliphatic carboxylic acids is 2. The molecule has 3 aliphatic heterocycles. The number of nitrogens with one attached hydrogen (secondary N) is 2. The largest absolute Gasteiger partial charge is 0.478 e. The molecule has 26 heavy (non-hydrogen) atoms. The third kappa shape index (κ3) is 3.89. The molecule has 0 aromatic rings. The van der Waals surface area contributed by atoms with Crippen molar-refractivity contribution in [3.05, 3.63) is 47.3 Å². The second kappa shape index (κ2) is 7.88. The van der Waals surface area contributed by atoms with Crippen molar-refractivity contribution in [3.63, 3.8) is 0 Å². The van der Waals surface area contributed by atoms with Gasteiger partial charge in [-0.2, -0.15) is 0 Å². The van der Waals surface area contributed by atoms with Gasteiger partial charge in [-0.3, -0.25) is 0 Å². The number of fused-ring (bicyclic) bond motifs is 4. The highest BCUT2D eigenvalue weighted by atomic mass is 16.4. The van der Waals surface area contributed by atoms with Crippen LogP contribution in [0.2, 0.25) is 0 Å². The van der Waals surface area contributed by atoms with Crippen LogP contribution in [0, 0.1) is 0 Å². The maximum Gasteiger partial charge on any atom is 0.328 e. The van der Waals surface area contributed by atoms with Gasteiger partial charge in [-0.05, 0) is 43.4 Å². The summed E-state index contributed by atoms with van der Waals surface area (Å²) in [6.45, 7) is 4.45. The molecule has 0 saturated carbocycles. The summed E-state index contributed by atoms with van der Waals surface area (Å²) in [6.07, 6.45) is 11.9. The van der Waals surface area contributed by atoms with Gasteiger partial charge in [0.1, 0.15) is 0 Å². The Hall–Kier alpha value is -2.38. The minimum atomic E-state index is -1.26. The Kier molecular flexibility index (Phi) is 5.58. The number of carbonyl (C=O) groups is 2. The number of piperazine rings is 1. The minimum Gasteiger partial charge on any atom is -0.478 e. The Morgan fingerprint density at radius 3 is 2.58 bits per heavy atom.